The third kappa shape index (κ3) is 2.85. The lowest BCUT2D eigenvalue weighted by atomic mass is 10.0. The fraction of sp³-hybridized carbons (Fsp3) is 0.263. The molecule has 2 heterocycles. The van der Waals surface area contributed by atoms with Crippen LogP contribution in [-0.4, -0.2) is 24.0 Å². The van der Waals surface area contributed by atoms with Crippen molar-refractivity contribution in [1.82, 2.24) is 4.98 Å². The molecule has 1 amide bonds. The first-order valence-corrected chi connectivity index (χ1v) is 7.88. The molecule has 24 heavy (non-hydrogen) atoms. The summed E-state index contributed by atoms with van der Waals surface area (Å²) in [6, 6.07) is 7.64. The van der Waals surface area contributed by atoms with E-state index in [9.17, 15) is 9.59 Å². The maximum atomic E-state index is 12.2. The molecule has 0 unspecified atom stereocenters. The lowest BCUT2D eigenvalue weighted by molar-refractivity contribution is -0.140. The Morgan fingerprint density at radius 2 is 2.00 bits per heavy atom. The molecule has 0 bridgehead atoms. The summed E-state index contributed by atoms with van der Waals surface area (Å²) in [5, 5.41) is 2.87. The molecule has 1 aliphatic heterocycles. The number of para-hydroxylation sites is 1. The number of nitrogens with one attached hydrogen (secondary N) is 2. The maximum absolute atomic E-state index is 12.2. The van der Waals surface area contributed by atoms with Crippen molar-refractivity contribution >= 4 is 29.2 Å². The van der Waals surface area contributed by atoms with Crippen LogP contribution in [0.1, 0.15) is 34.5 Å². The van der Waals surface area contributed by atoms with Crippen LogP contribution in [0.4, 0.5) is 5.69 Å². The van der Waals surface area contributed by atoms with Gasteiger partial charge in [-0.3, -0.25) is 9.59 Å². The molecule has 0 saturated heterocycles. The van der Waals surface area contributed by atoms with Crippen LogP contribution in [0.5, 0.6) is 0 Å². The molecule has 0 spiro atoms. The molecule has 3 rings (SSSR count). The van der Waals surface area contributed by atoms with Crippen LogP contribution >= 0.6 is 0 Å². The van der Waals surface area contributed by atoms with E-state index in [0.717, 1.165) is 33.8 Å². The molecule has 5 heteroatoms. The Bertz CT molecular complexity index is 846. The van der Waals surface area contributed by atoms with E-state index in [1.54, 1.807) is 0 Å². The molecular weight excluding hydrogens is 304 g/mol. The molecule has 124 valence electrons. The third-order valence-corrected chi connectivity index (χ3v) is 4.44. The van der Waals surface area contributed by atoms with Crippen LogP contribution in [0.2, 0.25) is 0 Å². The zero-order valence-corrected chi connectivity index (χ0v) is 14.0. The number of rotatable bonds is 4. The lowest BCUT2D eigenvalue weighted by Crippen LogP contribution is -2.03. The van der Waals surface area contributed by atoms with Crippen molar-refractivity contribution in [3.8, 4) is 0 Å². The number of aromatic amines is 1. The average Bonchev–Trinajstić information content (AvgIpc) is 3.03. The highest BCUT2D eigenvalue weighted by atomic mass is 16.5. The number of ether oxygens (including phenoxy) is 1. The summed E-state index contributed by atoms with van der Waals surface area (Å²) in [5.74, 6) is -0.321. The summed E-state index contributed by atoms with van der Waals surface area (Å²) in [6.45, 7) is 3.98. The fourth-order valence-corrected chi connectivity index (χ4v) is 3.09. The van der Waals surface area contributed by atoms with Crippen LogP contribution in [0.25, 0.3) is 11.6 Å². The van der Waals surface area contributed by atoms with E-state index >= 15 is 0 Å². The molecule has 0 fully saturated rings. The maximum Gasteiger partial charge on any atom is 0.305 e. The topological polar surface area (TPSA) is 71.2 Å². The smallest absolute Gasteiger partial charge is 0.305 e. The Kier molecular flexibility index (Phi) is 4.25. The highest BCUT2D eigenvalue weighted by Crippen LogP contribution is 2.33. The molecule has 1 aromatic heterocycles. The number of methoxy groups -OCH3 is 1. The Labute approximate surface area is 140 Å². The van der Waals surface area contributed by atoms with Crippen molar-refractivity contribution < 1.29 is 14.3 Å². The zero-order valence-electron chi connectivity index (χ0n) is 14.0. The summed E-state index contributed by atoms with van der Waals surface area (Å²) in [7, 11) is 1.39. The Balaban J connectivity index is 1.94. The Hall–Kier alpha value is -2.82. The monoisotopic (exact) mass is 324 g/mol. The molecule has 0 atom stereocenters. The molecule has 0 aliphatic carbocycles. The number of anilines is 1. The van der Waals surface area contributed by atoms with Crippen LogP contribution in [0.15, 0.2) is 24.3 Å². The second-order valence-corrected chi connectivity index (χ2v) is 5.90. The number of H-pyrrole nitrogens is 1. The van der Waals surface area contributed by atoms with Gasteiger partial charge in [-0.05, 0) is 43.5 Å². The fourth-order valence-electron chi connectivity index (χ4n) is 3.09. The van der Waals surface area contributed by atoms with Crippen LogP contribution in [-0.2, 0) is 20.7 Å². The summed E-state index contributed by atoms with van der Waals surface area (Å²) in [5.41, 5.74) is 6.45. The normalized spacial score (nSPS) is 14.6. The SMILES string of the molecule is COC(=O)CCc1c(C)[nH]c(C=C2C(=O)Nc3ccccc32)c1C. The largest absolute Gasteiger partial charge is 0.469 e. The minimum Gasteiger partial charge on any atom is -0.469 e. The van der Waals surface area contributed by atoms with Gasteiger partial charge in [0.25, 0.3) is 5.91 Å². The van der Waals surface area contributed by atoms with Gasteiger partial charge in [0.05, 0.1) is 12.7 Å². The highest BCUT2D eigenvalue weighted by molar-refractivity contribution is 6.34. The van der Waals surface area contributed by atoms with Gasteiger partial charge in [0.1, 0.15) is 0 Å². The number of fused-ring (bicyclic) bond motifs is 1. The first kappa shape index (κ1) is 16.1. The number of aromatic nitrogens is 1. The van der Waals surface area contributed by atoms with Crippen LogP contribution < -0.4 is 5.32 Å². The summed E-state index contributed by atoms with van der Waals surface area (Å²) >= 11 is 0. The number of carbonyl (C=O) groups is 2. The summed E-state index contributed by atoms with van der Waals surface area (Å²) < 4.78 is 4.71. The second kappa shape index (κ2) is 6.35. The minimum atomic E-state index is -0.223. The number of amides is 1. The molecule has 0 saturated carbocycles. The third-order valence-electron chi connectivity index (χ3n) is 4.44. The number of aryl methyl sites for hydroxylation is 1. The van der Waals surface area contributed by atoms with Gasteiger partial charge in [0.2, 0.25) is 0 Å². The summed E-state index contributed by atoms with van der Waals surface area (Å²) in [4.78, 5) is 26.9. The molecule has 1 aromatic carbocycles. The van der Waals surface area contributed by atoms with Gasteiger partial charge >= 0.3 is 5.97 Å². The lowest BCUT2D eigenvalue weighted by Gasteiger charge is -2.02. The van der Waals surface area contributed by atoms with Crippen molar-refractivity contribution in [2.75, 3.05) is 12.4 Å². The van der Waals surface area contributed by atoms with E-state index < -0.39 is 0 Å². The quantitative estimate of drug-likeness (QED) is 0.670. The van der Waals surface area contributed by atoms with Gasteiger partial charge < -0.3 is 15.0 Å². The first-order chi connectivity index (χ1) is 11.5. The van der Waals surface area contributed by atoms with Gasteiger partial charge in [-0.25, -0.2) is 0 Å². The van der Waals surface area contributed by atoms with Crippen molar-refractivity contribution in [2.45, 2.75) is 26.7 Å². The predicted molar refractivity (Wildman–Crippen MR) is 93.5 cm³/mol. The Morgan fingerprint density at radius 3 is 2.75 bits per heavy atom. The number of carbonyl (C=O) groups excluding carboxylic acids is 2. The molecule has 2 aromatic rings. The average molecular weight is 324 g/mol. The van der Waals surface area contributed by atoms with Gasteiger partial charge in [0.15, 0.2) is 0 Å². The van der Waals surface area contributed by atoms with Crippen molar-refractivity contribution in [3.05, 3.63) is 52.3 Å². The second-order valence-electron chi connectivity index (χ2n) is 5.90. The standard InChI is InChI=1S/C19H20N2O3/c1-11-13(8-9-18(22)24-3)12(2)20-17(11)10-15-14-6-4-5-7-16(14)21-19(15)23/h4-7,10,20H,8-9H2,1-3H3,(H,21,23). The molecular formula is C19H20N2O3. The molecule has 1 aliphatic rings. The molecule has 2 N–H and O–H groups in total. The van der Waals surface area contributed by atoms with E-state index in [-0.39, 0.29) is 11.9 Å². The highest BCUT2D eigenvalue weighted by Gasteiger charge is 2.24. The van der Waals surface area contributed by atoms with Gasteiger partial charge in [-0.1, -0.05) is 18.2 Å². The van der Waals surface area contributed by atoms with Gasteiger partial charge in [0, 0.05) is 29.1 Å². The zero-order chi connectivity index (χ0) is 17.3. The van der Waals surface area contributed by atoms with Crippen LogP contribution in [0.3, 0.4) is 0 Å². The van der Waals surface area contributed by atoms with E-state index in [4.69, 9.17) is 4.74 Å². The van der Waals surface area contributed by atoms with E-state index in [1.807, 2.05) is 44.2 Å². The van der Waals surface area contributed by atoms with Gasteiger partial charge in [-0.2, -0.15) is 0 Å². The molecule has 0 radical (unpaired) electrons. The van der Waals surface area contributed by atoms with E-state index in [0.29, 0.717) is 18.4 Å². The predicted octanol–water partition coefficient (Wildman–Crippen LogP) is 3.23. The van der Waals surface area contributed by atoms with Crippen molar-refractivity contribution in [1.29, 1.82) is 0 Å². The van der Waals surface area contributed by atoms with Crippen molar-refractivity contribution in [2.24, 2.45) is 0 Å². The Morgan fingerprint density at radius 1 is 1.25 bits per heavy atom. The summed E-state index contributed by atoms with van der Waals surface area (Å²) in [6.07, 6.45) is 2.84. The van der Waals surface area contributed by atoms with E-state index in [2.05, 4.69) is 10.3 Å². The number of benzene rings is 1. The number of hydrogen-bond acceptors (Lipinski definition) is 3. The minimum absolute atomic E-state index is 0.0982. The van der Waals surface area contributed by atoms with E-state index in [1.165, 1.54) is 7.11 Å². The van der Waals surface area contributed by atoms with Crippen LogP contribution in [0, 0.1) is 13.8 Å². The van der Waals surface area contributed by atoms with Crippen molar-refractivity contribution in [3.63, 3.8) is 0 Å². The molecule has 5 nitrogen and oxygen atoms in total. The van der Waals surface area contributed by atoms with Gasteiger partial charge in [-0.15, -0.1) is 0 Å². The number of esters is 1. The first-order valence-electron chi connectivity index (χ1n) is 7.88. The number of hydrogen-bond donors (Lipinski definition) is 2.